The third-order valence-electron chi connectivity index (χ3n) is 2.13. The van der Waals surface area contributed by atoms with Gasteiger partial charge in [0.05, 0.1) is 0 Å². The van der Waals surface area contributed by atoms with Gasteiger partial charge in [-0.05, 0) is 6.92 Å². The zero-order valence-corrected chi connectivity index (χ0v) is 5.94. The lowest BCUT2D eigenvalue weighted by molar-refractivity contribution is -0.117. The molecular weight excluding hydrogens is 148 g/mol. The zero-order valence-electron chi connectivity index (χ0n) is 5.94. The van der Waals surface area contributed by atoms with Gasteiger partial charge < -0.3 is 14.9 Å². The molecule has 2 aliphatic rings. The van der Waals surface area contributed by atoms with E-state index in [-0.39, 0.29) is 17.1 Å². The molecule has 0 amide bonds. The van der Waals surface area contributed by atoms with Crippen molar-refractivity contribution < 1.29 is 19.7 Å². The lowest BCUT2D eigenvalue weighted by Gasteiger charge is -2.13. The Morgan fingerprint density at radius 3 is 2.82 bits per heavy atom. The van der Waals surface area contributed by atoms with Crippen LogP contribution in [0.4, 0.5) is 0 Å². The first kappa shape index (κ1) is 6.82. The number of ketones is 1. The highest BCUT2D eigenvalue weighted by Gasteiger charge is 2.55. The Labute approximate surface area is 63.1 Å². The van der Waals surface area contributed by atoms with Crippen molar-refractivity contribution in [1.82, 2.24) is 0 Å². The molecule has 1 saturated heterocycles. The maximum absolute atomic E-state index is 11.1. The van der Waals surface area contributed by atoms with Crippen molar-refractivity contribution in [1.29, 1.82) is 0 Å². The van der Waals surface area contributed by atoms with Gasteiger partial charge in [-0.25, -0.2) is 0 Å². The second-order valence-corrected chi connectivity index (χ2v) is 2.84. The van der Waals surface area contributed by atoms with Gasteiger partial charge >= 0.3 is 0 Å². The van der Waals surface area contributed by atoms with Gasteiger partial charge in [-0.2, -0.15) is 0 Å². The molecule has 1 aliphatic carbocycles. The SMILES string of the molecule is CC1=C(O)[C@H](O)[C@H]2O[C@H]2C1=O. The van der Waals surface area contributed by atoms with Gasteiger partial charge in [-0.3, -0.25) is 4.79 Å². The average molecular weight is 156 g/mol. The number of aliphatic hydroxyl groups is 2. The normalized spacial score (nSPS) is 42.4. The molecule has 3 atom stereocenters. The molecule has 0 aromatic carbocycles. The number of hydrogen-bond acceptors (Lipinski definition) is 4. The fourth-order valence-electron chi connectivity index (χ4n) is 1.29. The van der Waals surface area contributed by atoms with Crippen molar-refractivity contribution in [3.63, 3.8) is 0 Å². The Morgan fingerprint density at radius 2 is 2.18 bits per heavy atom. The van der Waals surface area contributed by atoms with Crippen LogP contribution in [0, 0.1) is 0 Å². The second-order valence-electron chi connectivity index (χ2n) is 2.84. The van der Waals surface area contributed by atoms with Gasteiger partial charge in [0.25, 0.3) is 0 Å². The maximum Gasteiger partial charge on any atom is 0.193 e. The molecule has 4 heteroatoms. The average Bonchev–Trinajstić information content (AvgIpc) is 2.76. The lowest BCUT2D eigenvalue weighted by Crippen LogP contribution is -2.30. The molecule has 4 nitrogen and oxygen atoms in total. The number of rotatable bonds is 0. The van der Waals surface area contributed by atoms with E-state index in [1.165, 1.54) is 6.92 Å². The van der Waals surface area contributed by atoms with Crippen LogP contribution in [0.5, 0.6) is 0 Å². The smallest absolute Gasteiger partial charge is 0.193 e. The van der Waals surface area contributed by atoms with Crippen molar-refractivity contribution in [3.05, 3.63) is 11.3 Å². The van der Waals surface area contributed by atoms with E-state index in [2.05, 4.69) is 0 Å². The first-order chi connectivity index (χ1) is 5.13. The molecule has 60 valence electrons. The van der Waals surface area contributed by atoms with Gasteiger partial charge in [-0.1, -0.05) is 0 Å². The minimum Gasteiger partial charge on any atom is -0.509 e. The summed E-state index contributed by atoms with van der Waals surface area (Å²) in [4.78, 5) is 11.1. The quantitative estimate of drug-likeness (QED) is 0.465. The van der Waals surface area contributed by atoms with Crippen molar-refractivity contribution in [2.45, 2.75) is 25.2 Å². The lowest BCUT2D eigenvalue weighted by atomic mass is 9.96. The third kappa shape index (κ3) is 0.735. The largest absolute Gasteiger partial charge is 0.509 e. The monoisotopic (exact) mass is 156 g/mol. The fourth-order valence-corrected chi connectivity index (χ4v) is 1.29. The molecule has 0 aromatic heterocycles. The molecule has 2 rings (SSSR count). The fraction of sp³-hybridized carbons (Fsp3) is 0.571. The van der Waals surface area contributed by atoms with Crippen molar-refractivity contribution in [2.75, 3.05) is 0 Å². The van der Waals surface area contributed by atoms with E-state index >= 15 is 0 Å². The second kappa shape index (κ2) is 1.84. The Hall–Kier alpha value is -0.870. The Balaban J connectivity index is 2.39. The highest BCUT2D eigenvalue weighted by Crippen LogP contribution is 2.36. The standard InChI is InChI=1S/C7H8O4/c1-2-3(8)5(10)7-6(11-7)4(2)9/h5-8,10H,1H3/t5-,6-,7+/m0/s1. The minimum absolute atomic E-state index is 0.210. The molecule has 0 bridgehead atoms. The minimum atomic E-state index is -1.00. The Kier molecular flexibility index (Phi) is 1.14. The number of Topliss-reactive ketones (excluding diaryl/α,β-unsaturated/α-hetero) is 1. The zero-order chi connectivity index (χ0) is 8.17. The van der Waals surface area contributed by atoms with Crippen LogP contribution >= 0.6 is 0 Å². The first-order valence-electron chi connectivity index (χ1n) is 3.40. The molecule has 0 spiro atoms. The molecule has 1 aliphatic heterocycles. The number of hydrogen-bond donors (Lipinski definition) is 2. The maximum atomic E-state index is 11.1. The van der Waals surface area contributed by atoms with Gasteiger partial charge in [0.2, 0.25) is 0 Å². The van der Waals surface area contributed by atoms with Crippen molar-refractivity contribution in [2.24, 2.45) is 0 Å². The number of epoxide rings is 1. The molecule has 0 aromatic rings. The molecule has 0 radical (unpaired) electrons. The van der Waals surface area contributed by atoms with E-state index in [4.69, 9.17) is 9.84 Å². The molecule has 1 fully saturated rings. The summed E-state index contributed by atoms with van der Waals surface area (Å²) in [6, 6.07) is 0. The highest BCUT2D eigenvalue weighted by atomic mass is 16.6. The molecule has 11 heavy (non-hydrogen) atoms. The summed E-state index contributed by atoms with van der Waals surface area (Å²) >= 11 is 0. The van der Waals surface area contributed by atoms with Crippen molar-refractivity contribution in [3.8, 4) is 0 Å². The number of aliphatic hydroxyl groups excluding tert-OH is 2. The Morgan fingerprint density at radius 1 is 1.55 bits per heavy atom. The molecule has 1 heterocycles. The van der Waals surface area contributed by atoms with Crippen LogP contribution in [0.1, 0.15) is 6.92 Å². The van der Waals surface area contributed by atoms with E-state index < -0.39 is 18.3 Å². The molecular formula is C7H8O4. The molecule has 0 unspecified atom stereocenters. The summed E-state index contributed by atoms with van der Waals surface area (Å²) in [5, 5.41) is 18.3. The van der Waals surface area contributed by atoms with E-state index in [1.807, 2.05) is 0 Å². The van der Waals surface area contributed by atoms with Crippen LogP contribution in [0.25, 0.3) is 0 Å². The molecule has 2 N–H and O–H groups in total. The number of carbonyl (C=O) groups excluding carboxylic acids is 1. The van der Waals surface area contributed by atoms with Crippen LogP contribution in [0.15, 0.2) is 11.3 Å². The predicted molar refractivity (Wildman–Crippen MR) is 35.0 cm³/mol. The van der Waals surface area contributed by atoms with Gasteiger partial charge in [0.1, 0.15) is 24.1 Å². The summed E-state index contributed by atoms with van der Waals surface area (Å²) in [7, 11) is 0. The number of carbonyl (C=O) groups is 1. The highest BCUT2D eigenvalue weighted by molar-refractivity contribution is 6.02. The van der Waals surface area contributed by atoms with Crippen LogP contribution in [-0.2, 0) is 9.53 Å². The van der Waals surface area contributed by atoms with Crippen molar-refractivity contribution >= 4 is 5.78 Å². The number of fused-ring (bicyclic) bond motifs is 1. The summed E-state index contributed by atoms with van der Waals surface area (Å²) in [6.07, 6.45) is -2.00. The van der Waals surface area contributed by atoms with Gasteiger partial charge in [0.15, 0.2) is 5.78 Å². The topological polar surface area (TPSA) is 70.1 Å². The van der Waals surface area contributed by atoms with Crippen LogP contribution < -0.4 is 0 Å². The summed E-state index contributed by atoms with van der Waals surface area (Å²) in [6.45, 7) is 1.48. The third-order valence-corrected chi connectivity index (χ3v) is 2.13. The van der Waals surface area contributed by atoms with Gasteiger partial charge in [-0.15, -0.1) is 0 Å². The van der Waals surface area contributed by atoms with E-state index in [1.54, 1.807) is 0 Å². The van der Waals surface area contributed by atoms with E-state index in [9.17, 15) is 9.90 Å². The number of ether oxygens (including phenoxy) is 1. The predicted octanol–water partition coefficient (Wildman–Crippen LogP) is -0.471. The van der Waals surface area contributed by atoms with Crippen LogP contribution in [0.2, 0.25) is 0 Å². The van der Waals surface area contributed by atoms with E-state index in [0.717, 1.165) is 0 Å². The Bertz CT molecular complexity index is 255. The van der Waals surface area contributed by atoms with Gasteiger partial charge in [0, 0.05) is 5.57 Å². The van der Waals surface area contributed by atoms with Crippen LogP contribution in [-0.4, -0.2) is 34.3 Å². The summed E-state index contributed by atoms with van der Waals surface area (Å²) in [5.41, 5.74) is 0.219. The van der Waals surface area contributed by atoms with Crippen LogP contribution in [0.3, 0.4) is 0 Å². The summed E-state index contributed by atoms with van der Waals surface area (Å²) in [5.74, 6) is -0.452. The molecule has 0 saturated carbocycles. The van der Waals surface area contributed by atoms with E-state index in [0.29, 0.717) is 0 Å². The summed E-state index contributed by atoms with van der Waals surface area (Å²) < 4.78 is 4.84. The first-order valence-corrected chi connectivity index (χ1v) is 3.40.